The number of aliphatic imine (C=N–C) groups is 1. The fraction of sp³-hybridized carbons (Fsp3) is 0.727. The predicted octanol–water partition coefficient (Wildman–Crippen LogP) is -0.939. The lowest BCUT2D eigenvalue weighted by molar-refractivity contribution is -0.181. The molecule has 18 heavy (non-hydrogen) atoms. The first-order chi connectivity index (χ1) is 8.45. The van der Waals surface area contributed by atoms with Crippen molar-refractivity contribution in [3.63, 3.8) is 0 Å². The third kappa shape index (κ3) is 2.28. The molecule has 0 amide bonds. The van der Waals surface area contributed by atoms with Gasteiger partial charge in [0.05, 0.1) is 6.04 Å². The van der Waals surface area contributed by atoms with E-state index < -0.39 is 30.5 Å². The van der Waals surface area contributed by atoms with Gasteiger partial charge in [-0.25, -0.2) is 0 Å². The van der Waals surface area contributed by atoms with Crippen molar-refractivity contribution >= 4 is 16.9 Å². The van der Waals surface area contributed by atoms with Crippen LogP contribution in [-0.2, 0) is 4.74 Å². The van der Waals surface area contributed by atoms with Gasteiger partial charge in [-0.2, -0.15) is 0 Å². The highest BCUT2D eigenvalue weighted by Gasteiger charge is 2.50. The van der Waals surface area contributed by atoms with E-state index in [0.717, 1.165) is 0 Å². The fourth-order valence-electron chi connectivity index (χ4n) is 2.09. The molecule has 7 heteroatoms. The molecule has 6 nitrogen and oxygen atoms in total. The van der Waals surface area contributed by atoms with Gasteiger partial charge in [-0.1, -0.05) is 18.3 Å². The minimum Gasteiger partial charge on any atom is -0.388 e. The zero-order valence-electron chi connectivity index (χ0n) is 10.3. The normalized spacial score (nSPS) is 43.4. The van der Waals surface area contributed by atoms with Gasteiger partial charge in [-0.15, -0.1) is 0 Å². The highest BCUT2D eigenvalue weighted by molar-refractivity contribution is 8.14. The number of aliphatic hydroxyl groups excluding tert-OH is 3. The molecule has 2 saturated heterocycles. The van der Waals surface area contributed by atoms with E-state index >= 15 is 0 Å². The van der Waals surface area contributed by atoms with E-state index in [2.05, 4.69) is 16.9 Å². The van der Waals surface area contributed by atoms with E-state index in [4.69, 9.17) is 4.74 Å². The minimum absolute atomic E-state index is 0.374. The molecular weight excluding hydrogens is 256 g/mol. The summed E-state index contributed by atoms with van der Waals surface area (Å²) >= 11 is 1.34. The van der Waals surface area contributed by atoms with Crippen LogP contribution in [0.3, 0.4) is 0 Å². The molecule has 0 radical (unpaired) electrons. The zero-order valence-corrected chi connectivity index (χ0v) is 11.1. The molecule has 102 valence electrons. The lowest BCUT2D eigenvalue weighted by Gasteiger charge is -2.40. The molecule has 2 aliphatic rings. The average molecular weight is 274 g/mol. The Balaban J connectivity index is 2.17. The second-order valence-electron chi connectivity index (χ2n) is 4.56. The Bertz CT molecular complexity index is 376. The third-order valence-electron chi connectivity index (χ3n) is 3.18. The van der Waals surface area contributed by atoms with E-state index in [-0.39, 0.29) is 5.44 Å². The van der Waals surface area contributed by atoms with Gasteiger partial charge in [0, 0.05) is 7.05 Å². The number of fused-ring (bicyclic) bond motifs is 1. The lowest BCUT2D eigenvalue weighted by atomic mass is 9.92. The quantitative estimate of drug-likeness (QED) is 0.486. The molecule has 4 N–H and O–H groups in total. The van der Waals surface area contributed by atoms with Crippen molar-refractivity contribution in [2.24, 2.45) is 4.99 Å². The predicted molar refractivity (Wildman–Crippen MR) is 69.4 cm³/mol. The Labute approximate surface area is 110 Å². The SMILES string of the molecule is C=C(C)[C@H](O)[C@H]1O[C@@H]2SC(=NC)N[C@@H]2[C@@H](O)[C@@H]1O. The van der Waals surface area contributed by atoms with Crippen LogP contribution in [0, 0.1) is 0 Å². The average Bonchev–Trinajstić information content (AvgIpc) is 2.76. The summed E-state index contributed by atoms with van der Waals surface area (Å²) in [7, 11) is 1.63. The maximum absolute atomic E-state index is 10.1. The van der Waals surface area contributed by atoms with Gasteiger partial charge in [0.15, 0.2) is 5.17 Å². The second-order valence-corrected chi connectivity index (χ2v) is 5.65. The van der Waals surface area contributed by atoms with E-state index in [1.54, 1.807) is 14.0 Å². The van der Waals surface area contributed by atoms with Gasteiger partial charge in [-0.05, 0) is 12.5 Å². The van der Waals surface area contributed by atoms with Crippen LogP contribution in [0.4, 0.5) is 0 Å². The molecule has 0 spiro atoms. The number of thioether (sulfide) groups is 1. The molecule has 0 saturated carbocycles. The first-order valence-corrected chi connectivity index (χ1v) is 6.58. The first kappa shape index (κ1) is 13.8. The Morgan fingerprint density at radius 2 is 2.17 bits per heavy atom. The van der Waals surface area contributed by atoms with E-state index in [0.29, 0.717) is 10.7 Å². The Morgan fingerprint density at radius 1 is 1.50 bits per heavy atom. The molecule has 0 aromatic heterocycles. The summed E-state index contributed by atoms with van der Waals surface area (Å²) in [5.41, 5.74) is 0.117. The largest absolute Gasteiger partial charge is 0.388 e. The molecule has 2 aliphatic heterocycles. The molecular formula is C11H18N2O4S. The van der Waals surface area contributed by atoms with Gasteiger partial charge in [0.1, 0.15) is 29.9 Å². The summed E-state index contributed by atoms with van der Waals surface area (Å²) in [5.74, 6) is 0. The van der Waals surface area contributed by atoms with Crippen LogP contribution in [-0.4, -0.2) is 63.4 Å². The molecule has 0 aliphatic carbocycles. The standard InChI is InChI=1S/C11H18N2O4S/c1-4(2)6(14)9-8(16)7(15)5-10(17-9)18-11(12-3)13-5/h5-10,14-16H,1H2,2-3H3,(H,12,13)/t5-,6+,7-,8+,9-,10-/m1/s1. The summed E-state index contributed by atoms with van der Waals surface area (Å²) in [6, 6.07) is -0.419. The van der Waals surface area contributed by atoms with Crippen LogP contribution in [0.5, 0.6) is 0 Å². The molecule has 2 fully saturated rings. The van der Waals surface area contributed by atoms with Gasteiger partial charge >= 0.3 is 0 Å². The summed E-state index contributed by atoms with van der Waals surface area (Å²) < 4.78 is 5.65. The summed E-state index contributed by atoms with van der Waals surface area (Å²) in [4.78, 5) is 3.99. The van der Waals surface area contributed by atoms with Crippen LogP contribution in [0.15, 0.2) is 17.1 Å². The van der Waals surface area contributed by atoms with Crippen molar-refractivity contribution in [1.29, 1.82) is 0 Å². The van der Waals surface area contributed by atoms with Crippen LogP contribution < -0.4 is 5.32 Å². The van der Waals surface area contributed by atoms with Crippen LogP contribution in [0.2, 0.25) is 0 Å². The number of hydrogen-bond donors (Lipinski definition) is 4. The van der Waals surface area contributed by atoms with Crippen LogP contribution >= 0.6 is 11.8 Å². The maximum Gasteiger partial charge on any atom is 0.159 e. The number of rotatable bonds is 2. The summed E-state index contributed by atoms with van der Waals surface area (Å²) in [5, 5.41) is 33.6. The molecule has 0 bridgehead atoms. The van der Waals surface area contributed by atoms with E-state index in [1.165, 1.54) is 11.8 Å². The molecule has 6 atom stereocenters. The van der Waals surface area contributed by atoms with Gasteiger partial charge in [0.2, 0.25) is 0 Å². The molecule has 0 unspecified atom stereocenters. The Kier molecular flexibility index (Phi) is 3.98. The molecule has 2 rings (SSSR count). The number of amidine groups is 1. The van der Waals surface area contributed by atoms with Crippen molar-refractivity contribution in [2.75, 3.05) is 7.05 Å². The van der Waals surface area contributed by atoms with E-state index in [1.807, 2.05) is 0 Å². The first-order valence-electron chi connectivity index (χ1n) is 5.70. The van der Waals surface area contributed by atoms with Crippen molar-refractivity contribution in [2.45, 2.75) is 42.8 Å². The summed E-state index contributed by atoms with van der Waals surface area (Å²) in [6.07, 6.45) is -4.06. The highest BCUT2D eigenvalue weighted by Crippen LogP contribution is 2.35. The smallest absolute Gasteiger partial charge is 0.159 e. The van der Waals surface area contributed by atoms with Gasteiger partial charge in [0.25, 0.3) is 0 Å². The van der Waals surface area contributed by atoms with Crippen molar-refractivity contribution in [3.8, 4) is 0 Å². The number of hydrogen-bond acceptors (Lipinski definition) is 6. The Hall–Kier alpha value is -0.600. The van der Waals surface area contributed by atoms with Crippen LogP contribution in [0.25, 0.3) is 0 Å². The van der Waals surface area contributed by atoms with Crippen molar-refractivity contribution < 1.29 is 20.1 Å². The molecule has 0 aromatic carbocycles. The highest BCUT2D eigenvalue weighted by atomic mass is 32.2. The lowest BCUT2D eigenvalue weighted by Crippen LogP contribution is -2.61. The zero-order chi connectivity index (χ0) is 13.4. The van der Waals surface area contributed by atoms with Crippen LogP contribution in [0.1, 0.15) is 6.92 Å². The molecule has 2 heterocycles. The number of nitrogens with one attached hydrogen (secondary N) is 1. The van der Waals surface area contributed by atoms with Crippen molar-refractivity contribution in [1.82, 2.24) is 5.32 Å². The van der Waals surface area contributed by atoms with E-state index in [9.17, 15) is 15.3 Å². The topological polar surface area (TPSA) is 94.3 Å². The second kappa shape index (κ2) is 5.18. The monoisotopic (exact) mass is 274 g/mol. The van der Waals surface area contributed by atoms with Gasteiger partial charge < -0.3 is 25.4 Å². The number of aliphatic hydroxyl groups is 3. The maximum atomic E-state index is 10.1. The van der Waals surface area contributed by atoms with Crippen molar-refractivity contribution in [3.05, 3.63) is 12.2 Å². The Morgan fingerprint density at radius 3 is 2.72 bits per heavy atom. The summed E-state index contributed by atoms with van der Waals surface area (Å²) in [6.45, 7) is 5.29. The third-order valence-corrected chi connectivity index (χ3v) is 4.34. The van der Waals surface area contributed by atoms with Gasteiger partial charge in [-0.3, -0.25) is 4.99 Å². The molecule has 0 aromatic rings. The number of ether oxygens (including phenoxy) is 1. The minimum atomic E-state index is -1.16. The fourth-order valence-corrected chi connectivity index (χ4v) is 3.18. The number of nitrogens with zero attached hydrogens (tertiary/aromatic N) is 1.